The van der Waals surface area contributed by atoms with E-state index in [1.807, 2.05) is 0 Å². The third kappa shape index (κ3) is 2.22. The zero-order valence-electron chi connectivity index (χ0n) is 9.29. The molecule has 0 fully saturated rings. The number of nitrogens with zero attached hydrogens (tertiary/aromatic N) is 2. The summed E-state index contributed by atoms with van der Waals surface area (Å²) < 4.78 is 40.6. The van der Waals surface area contributed by atoms with Gasteiger partial charge in [0.25, 0.3) is 0 Å². The number of hydrogen-bond donors (Lipinski definition) is 1. The standard InChI is InChI=1S/C11H9BrF3N3/c1-18-10(16)8(5-17-18)7-3-2-6(12)4-9(7)11(13,14)15/h2-5H,16H2,1H3. The second-order valence-corrected chi connectivity index (χ2v) is 4.67. The molecule has 7 heteroatoms. The fraction of sp³-hybridized carbons (Fsp3) is 0.182. The molecule has 96 valence electrons. The van der Waals surface area contributed by atoms with Gasteiger partial charge in [-0.25, -0.2) is 0 Å². The first kappa shape index (κ1) is 12.9. The van der Waals surface area contributed by atoms with Gasteiger partial charge in [0.15, 0.2) is 0 Å². The molecule has 0 saturated carbocycles. The Kier molecular flexibility index (Phi) is 3.10. The highest BCUT2D eigenvalue weighted by molar-refractivity contribution is 9.10. The van der Waals surface area contributed by atoms with Crippen LogP contribution in [0, 0.1) is 0 Å². The number of hydrogen-bond acceptors (Lipinski definition) is 2. The van der Waals surface area contributed by atoms with Crippen LogP contribution in [0.5, 0.6) is 0 Å². The van der Waals surface area contributed by atoms with Crippen LogP contribution < -0.4 is 5.73 Å². The number of rotatable bonds is 1. The van der Waals surface area contributed by atoms with Crippen LogP contribution in [0.2, 0.25) is 0 Å². The lowest BCUT2D eigenvalue weighted by molar-refractivity contribution is -0.137. The normalized spacial score (nSPS) is 11.8. The second-order valence-electron chi connectivity index (χ2n) is 3.75. The van der Waals surface area contributed by atoms with Gasteiger partial charge in [0.2, 0.25) is 0 Å². The molecule has 0 aliphatic rings. The molecule has 0 aliphatic carbocycles. The van der Waals surface area contributed by atoms with E-state index in [1.54, 1.807) is 7.05 Å². The van der Waals surface area contributed by atoms with E-state index in [2.05, 4.69) is 21.0 Å². The molecule has 0 atom stereocenters. The van der Waals surface area contributed by atoms with Crippen LogP contribution in [-0.4, -0.2) is 9.78 Å². The van der Waals surface area contributed by atoms with Gasteiger partial charge < -0.3 is 5.73 Å². The molecular formula is C11H9BrF3N3. The minimum Gasteiger partial charge on any atom is -0.383 e. The zero-order chi connectivity index (χ0) is 13.5. The minimum absolute atomic E-state index is 0.0244. The van der Waals surface area contributed by atoms with Crippen molar-refractivity contribution in [2.24, 2.45) is 7.05 Å². The summed E-state index contributed by atoms with van der Waals surface area (Å²) >= 11 is 3.03. The van der Waals surface area contributed by atoms with E-state index < -0.39 is 11.7 Å². The number of aromatic nitrogens is 2. The average molecular weight is 320 g/mol. The number of nitrogens with two attached hydrogens (primary N) is 1. The van der Waals surface area contributed by atoms with E-state index in [9.17, 15) is 13.2 Å². The summed E-state index contributed by atoms with van der Waals surface area (Å²) in [6.07, 6.45) is -3.12. The summed E-state index contributed by atoms with van der Waals surface area (Å²) in [5.74, 6) is 0.197. The van der Waals surface area contributed by atoms with Gasteiger partial charge in [0, 0.05) is 17.1 Å². The molecule has 3 nitrogen and oxygen atoms in total. The summed E-state index contributed by atoms with van der Waals surface area (Å²) in [5, 5.41) is 3.85. The SMILES string of the molecule is Cn1ncc(-c2ccc(Br)cc2C(F)(F)F)c1N. The molecule has 2 rings (SSSR count). The van der Waals surface area contributed by atoms with Crippen LogP contribution >= 0.6 is 15.9 Å². The Morgan fingerprint density at radius 2 is 1.94 bits per heavy atom. The molecule has 1 heterocycles. The second kappa shape index (κ2) is 4.31. The fourth-order valence-electron chi connectivity index (χ4n) is 1.64. The number of alkyl halides is 3. The van der Waals surface area contributed by atoms with E-state index in [0.717, 1.165) is 6.07 Å². The Bertz CT molecular complexity index is 590. The maximum absolute atomic E-state index is 13.0. The van der Waals surface area contributed by atoms with Crippen LogP contribution in [0.25, 0.3) is 11.1 Å². The molecule has 2 N–H and O–H groups in total. The highest BCUT2D eigenvalue weighted by Gasteiger charge is 2.34. The number of nitrogen functional groups attached to an aromatic ring is 1. The van der Waals surface area contributed by atoms with E-state index in [4.69, 9.17) is 5.73 Å². The number of aryl methyl sites for hydroxylation is 1. The molecule has 0 radical (unpaired) electrons. The third-order valence-electron chi connectivity index (χ3n) is 2.56. The van der Waals surface area contributed by atoms with E-state index in [0.29, 0.717) is 4.47 Å². The highest BCUT2D eigenvalue weighted by atomic mass is 79.9. The predicted octanol–water partition coefficient (Wildman–Crippen LogP) is 3.45. The van der Waals surface area contributed by atoms with Crippen LogP contribution in [0.15, 0.2) is 28.9 Å². The van der Waals surface area contributed by atoms with Crippen LogP contribution in [0.4, 0.5) is 19.0 Å². The molecule has 18 heavy (non-hydrogen) atoms. The Balaban J connectivity index is 2.68. The van der Waals surface area contributed by atoms with Gasteiger partial charge in [0.05, 0.1) is 11.8 Å². The monoisotopic (exact) mass is 319 g/mol. The molecule has 0 bridgehead atoms. The lowest BCUT2D eigenvalue weighted by atomic mass is 10.0. The molecule has 0 spiro atoms. The fourth-order valence-corrected chi connectivity index (χ4v) is 2.00. The van der Waals surface area contributed by atoms with Crippen molar-refractivity contribution in [2.45, 2.75) is 6.18 Å². The lowest BCUT2D eigenvalue weighted by Gasteiger charge is -2.13. The molecule has 1 aromatic heterocycles. The minimum atomic E-state index is -4.44. The average Bonchev–Trinajstić information content (AvgIpc) is 2.59. The lowest BCUT2D eigenvalue weighted by Crippen LogP contribution is -2.08. The largest absolute Gasteiger partial charge is 0.417 e. The van der Waals surface area contributed by atoms with Gasteiger partial charge in [-0.2, -0.15) is 18.3 Å². The van der Waals surface area contributed by atoms with Crippen molar-refractivity contribution in [3.8, 4) is 11.1 Å². The molecule has 1 aromatic carbocycles. The summed E-state index contributed by atoms with van der Waals surface area (Å²) in [4.78, 5) is 0. The first-order valence-electron chi connectivity index (χ1n) is 4.95. The Hall–Kier alpha value is -1.50. The number of halogens is 4. The van der Waals surface area contributed by atoms with E-state index >= 15 is 0 Å². The Morgan fingerprint density at radius 1 is 1.28 bits per heavy atom. The van der Waals surface area contributed by atoms with E-state index in [-0.39, 0.29) is 16.9 Å². The molecular weight excluding hydrogens is 311 g/mol. The molecule has 0 saturated heterocycles. The number of anilines is 1. The molecule has 0 amide bonds. The molecule has 2 aromatic rings. The maximum Gasteiger partial charge on any atom is 0.417 e. The molecule has 0 unspecified atom stereocenters. The van der Waals surface area contributed by atoms with Gasteiger partial charge in [-0.3, -0.25) is 4.68 Å². The van der Waals surface area contributed by atoms with Gasteiger partial charge in [-0.1, -0.05) is 22.0 Å². The third-order valence-corrected chi connectivity index (χ3v) is 3.06. The zero-order valence-corrected chi connectivity index (χ0v) is 10.9. The van der Waals surface area contributed by atoms with Crippen molar-refractivity contribution < 1.29 is 13.2 Å². The predicted molar refractivity (Wildman–Crippen MR) is 65.8 cm³/mol. The first-order chi connectivity index (χ1) is 8.30. The van der Waals surface area contributed by atoms with Gasteiger partial charge in [0.1, 0.15) is 5.82 Å². The van der Waals surface area contributed by atoms with Crippen molar-refractivity contribution in [3.05, 3.63) is 34.4 Å². The summed E-state index contributed by atoms with van der Waals surface area (Å²) in [6.45, 7) is 0. The topological polar surface area (TPSA) is 43.8 Å². The van der Waals surface area contributed by atoms with Crippen molar-refractivity contribution >= 4 is 21.7 Å². The van der Waals surface area contributed by atoms with Gasteiger partial charge in [-0.15, -0.1) is 0 Å². The van der Waals surface area contributed by atoms with Crippen molar-refractivity contribution in [3.63, 3.8) is 0 Å². The summed E-state index contributed by atoms with van der Waals surface area (Å²) in [6, 6.07) is 3.94. The maximum atomic E-state index is 13.0. The highest BCUT2D eigenvalue weighted by Crippen LogP contribution is 2.40. The smallest absolute Gasteiger partial charge is 0.383 e. The van der Waals surface area contributed by atoms with Crippen LogP contribution in [0.1, 0.15) is 5.56 Å². The van der Waals surface area contributed by atoms with Crippen LogP contribution in [-0.2, 0) is 13.2 Å². The number of benzene rings is 1. The quantitative estimate of drug-likeness (QED) is 0.875. The van der Waals surface area contributed by atoms with Crippen molar-refractivity contribution in [2.75, 3.05) is 5.73 Å². The van der Waals surface area contributed by atoms with Gasteiger partial charge >= 0.3 is 6.18 Å². The van der Waals surface area contributed by atoms with Crippen molar-refractivity contribution in [1.29, 1.82) is 0 Å². The van der Waals surface area contributed by atoms with Crippen LogP contribution in [0.3, 0.4) is 0 Å². The Morgan fingerprint density at radius 3 is 2.44 bits per heavy atom. The Labute approximate surface area is 110 Å². The summed E-state index contributed by atoms with van der Waals surface area (Å²) in [5.41, 5.74) is 5.27. The van der Waals surface area contributed by atoms with E-state index in [1.165, 1.54) is 23.0 Å². The first-order valence-corrected chi connectivity index (χ1v) is 5.74. The van der Waals surface area contributed by atoms with Gasteiger partial charge in [-0.05, 0) is 17.7 Å². The summed E-state index contributed by atoms with van der Waals surface area (Å²) in [7, 11) is 1.57. The molecule has 0 aliphatic heterocycles. The van der Waals surface area contributed by atoms with Crippen molar-refractivity contribution in [1.82, 2.24) is 9.78 Å².